The van der Waals surface area contributed by atoms with Crippen molar-refractivity contribution in [3.8, 4) is 10.6 Å². The average molecular weight is 303 g/mol. The molecular weight excluding hydrogens is 290 g/mol. The summed E-state index contributed by atoms with van der Waals surface area (Å²) in [5.74, 6) is 0.0768. The van der Waals surface area contributed by atoms with Crippen LogP contribution in [-0.2, 0) is 0 Å². The number of ketones is 1. The molecule has 0 spiro atoms. The fourth-order valence-corrected chi connectivity index (χ4v) is 3.48. The molecule has 0 aliphatic heterocycles. The number of hydrogen-bond acceptors (Lipinski definition) is 2. The van der Waals surface area contributed by atoms with E-state index in [1.54, 1.807) is 0 Å². The van der Waals surface area contributed by atoms with Gasteiger partial charge in [-0.1, -0.05) is 48.5 Å². The van der Waals surface area contributed by atoms with Crippen LogP contribution in [0.2, 0.25) is 0 Å². The Kier molecular flexibility index (Phi) is 3.13. The van der Waals surface area contributed by atoms with E-state index in [2.05, 4.69) is 23.2 Å². The molecule has 2 aromatic carbocycles. The molecule has 0 unspecified atom stereocenters. The summed E-state index contributed by atoms with van der Waals surface area (Å²) in [6, 6.07) is 23.6. The Labute approximate surface area is 132 Å². The lowest BCUT2D eigenvalue weighted by Gasteiger charge is -1.96. The summed E-state index contributed by atoms with van der Waals surface area (Å²) >= 11 is 1.52. The molecule has 0 fully saturated rings. The number of rotatable bonds is 3. The summed E-state index contributed by atoms with van der Waals surface area (Å²) in [5.41, 5.74) is 2.90. The van der Waals surface area contributed by atoms with Gasteiger partial charge in [0.15, 0.2) is 0 Å². The van der Waals surface area contributed by atoms with Crippen molar-refractivity contribution >= 4 is 28.0 Å². The number of carbonyl (C=O) groups excluding carboxylic acids is 1. The lowest BCUT2D eigenvalue weighted by molar-refractivity contribution is 0.104. The molecule has 0 radical (unpaired) electrons. The Morgan fingerprint density at radius 2 is 1.64 bits per heavy atom. The molecular formula is C19H13NOS. The van der Waals surface area contributed by atoms with Crippen LogP contribution in [-0.4, -0.2) is 10.8 Å². The average Bonchev–Trinajstić information content (AvgIpc) is 3.21. The van der Waals surface area contributed by atoms with E-state index in [1.165, 1.54) is 16.7 Å². The quantitative estimate of drug-likeness (QED) is 0.523. The minimum atomic E-state index is 0.0768. The van der Waals surface area contributed by atoms with Crippen LogP contribution in [0.5, 0.6) is 0 Å². The molecule has 2 heterocycles. The summed E-state index contributed by atoms with van der Waals surface area (Å²) in [4.78, 5) is 17.7. The zero-order chi connectivity index (χ0) is 14.9. The molecule has 0 aliphatic carbocycles. The third kappa shape index (κ3) is 2.26. The first kappa shape index (κ1) is 13.0. The molecule has 0 saturated carbocycles. The van der Waals surface area contributed by atoms with Gasteiger partial charge in [0.25, 0.3) is 0 Å². The van der Waals surface area contributed by atoms with E-state index in [-0.39, 0.29) is 5.78 Å². The largest absolute Gasteiger partial charge is 0.354 e. The third-order valence-corrected chi connectivity index (χ3v) is 4.78. The molecule has 3 heteroatoms. The number of carbonyl (C=O) groups is 1. The zero-order valence-corrected chi connectivity index (χ0v) is 12.6. The minimum absolute atomic E-state index is 0.0768. The number of aromatic amines is 1. The molecule has 0 aliphatic rings. The van der Waals surface area contributed by atoms with Crippen molar-refractivity contribution in [2.45, 2.75) is 0 Å². The van der Waals surface area contributed by atoms with Crippen molar-refractivity contribution < 1.29 is 4.79 Å². The van der Waals surface area contributed by atoms with Crippen LogP contribution in [0.3, 0.4) is 0 Å². The number of H-pyrrole nitrogens is 1. The van der Waals surface area contributed by atoms with Crippen molar-refractivity contribution in [1.82, 2.24) is 4.98 Å². The van der Waals surface area contributed by atoms with Crippen molar-refractivity contribution in [3.63, 3.8) is 0 Å². The van der Waals surface area contributed by atoms with Gasteiger partial charge in [0.2, 0.25) is 5.78 Å². The molecule has 106 valence electrons. The molecule has 0 bridgehead atoms. The maximum Gasteiger partial charge on any atom is 0.202 e. The van der Waals surface area contributed by atoms with Gasteiger partial charge in [-0.2, -0.15) is 0 Å². The Bertz CT molecular complexity index is 917. The monoisotopic (exact) mass is 303 g/mol. The molecule has 0 amide bonds. The van der Waals surface area contributed by atoms with E-state index in [0.717, 1.165) is 26.5 Å². The van der Waals surface area contributed by atoms with Crippen LogP contribution in [0.1, 0.15) is 15.2 Å². The summed E-state index contributed by atoms with van der Waals surface area (Å²) in [6.07, 6.45) is 0. The van der Waals surface area contributed by atoms with Crippen molar-refractivity contribution in [2.24, 2.45) is 0 Å². The first-order valence-corrected chi connectivity index (χ1v) is 7.90. The number of hydrogen-bond donors (Lipinski definition) is 1. The Morgan fingerprint density at radius 3 is 2.45 bits per heavy atom. The highest BCUT2D eigenvalue weighted by Gasteiger charge is 2.13. The summed E-state index contributed by atoms with van der Waals surface area (Å²) in [7, 11) is 0. The second kappa shape index (κ2) is 5.28. The van der Waals surface area contributed by atoms with Crippen molar-refractivity contribution in [2.75, 3.05) is 0 Å². The first-order valence-electron chi connectivity index (χ1n) is 7.09. The van der Waals surface area contributed by atoms with Gasteiger partial charge in [-0.25, -0.2) is 0 Å². The Morgan fingerprint density at radius 1 is 0.864 bits per heavy atom. The van der Waals surface area contributed by atoms with Crippen LogP contribution in [0.25, 0.3) is 21.5 Å². The topological polar surface area (TPSA) is 32.9 Å². The van der Waals surface area contributed by atoms with E-state index in [0.29, 0.717) is 0 Å². The fraction of sp³-hybridized carbons (Fsp3) is 0. The third-order valence-electron chi connectivity index (χ3n) is 3.66. The van der Waals surface area contributed by atoms with Crippen LogP contribution in [0.4, 0.5) is 0 Å². The lowest BCUT2D eigenvalue weighted by Crippen LogP contribution is -1.97. The fourth-order valence-electron chi connectivity index (χ4n) is 2.54. The number of nitrogens with one attached hydrogen (secondary N) is 1. The van der Waals surface area contributed by atoms with Gasteiger partial charge < -0.3 is 4.98 Å². The van der Waals surface area contributed by atoms with Gasteiger partial charge in [-0.15, -0.1) is 11.3 Å². The highest BCUT2D eigenvalue weighted by molar-refractivity contribution is 7.17. The Hall–Kier alpha value is -2.65. The zero-order valence-electron chi connectivity index (χ0n) is 11.7. The van der Waals surface area contributed by atoms with E-state index < -0.39 is 0 Å². The van der Waals surface area contributed by atoms with E-state index in [1.807, 2.05) is 54.6 Å². The maximum absolute atomic E-state index is 12.5. The predicted molar refractivity (Wildman–Crippen MR) is 91.5 cm³/mol. The van der Waals surface area contributed by atoms with E-state index in [9.17, 15) is 4.79 Å². The Balaban J connectivity index is 1.70. The molecule has 4 rings (SSSR count). The van der Waals surface area contributed by atoms with Crippen molar-refractivity contribution in [3.05, 3.63) is 83.2 Å². The molecule has 4 aromatic rings. The van der Waals surface area contributed by atoms with Crippen LogP contribution < -0.4 is 0 Å². The normalized spacial score (nSPS) is 10.9. The molecule has 2 nitrogen and oxygen atoms in total. The molecule has 22 heavy (non-hydrogen) atoms. The summed E-state index contributed by atoms with van der Waals surface area (Å²) < 4.78 is 0. The van der Waals surface area contributed by atoms with E-state index >= 15 is 0 Å². The first-order chi connectivity index (χ1) is 10.8. The van der Waals surface area contributed by atoms with Crippen LogP contribution in [0.15, 0.2) is 72.8 Å². The number of fused-ring (bicyclic) bond motifs is 1. The molecule has 0 atom stereocenters. The summed E-state index contributed by atoms with van der Waals surface area (Å²) in [6.45, 7) is 0. The number of benzene rings is 2. The van der Waals surface area contributed by atoms with Gasteiger partial charge in [0.05, 0.1) is 15.4 Å². The smallest absolute Gasteiger partial charge is 0.202 e. The van der Waals surface area contributed by atoms with Gasteiger partial charge in [0.1, 0.15) is 0 Å². The molecule has 0 saturated heterocycles. The minimum Gasteiger partial charge on any atom is -0.354 e. The van der Waals surface area contributed by atoms with Crippen LogP contribution >= 0.6 is 11.3 Å². The second-order valence-corrected chi connectivity index (χ2v) is 6.21. The molecule has 2 aromatic heterocycles. The predicted octanol–water partition coefficient (Wildman–Crippen LogP) is 5.13. The number of para-hydroxylation sites is 1. The van der Waals surface area contributed by atoms with E-state index in [4.69, 9.17) is 0 Å². The molecule has 1 N–H and O–H groups in total. The lowest BCUT2D eigenvalue weighted by atomic mass is 10.1. The van der Waals surface area contributed by atoms with Gasteiger partial charge in [-0.05, 0) is 24.3 Å². The van der Waals surface area contributed by atoms with Gasteiger partial charge in [0, 0.05) is 16.5 Å². The number of thiophene rings is 1. The van der Waals surface area contributed by atoms with Crippen LogP contribution in [0, 0.1) is 0 Å². The van der Waals surface area contributed by atoms with Gasteiger partial charge in [-0.3, -0.25) is 4.79 Å². The maximum atomic E-state index is 12.5. The SMILES string of the molecule is O=C(c1ccccc1)c1ccc(-c2cc3ccccc3[nH]2)s1. The summed E-state index contributed by atoms with van der Waals surface area (Å²) in [5, 5.41) is 1.18. The van der Waals surface area contributed by atoms with Crippen molar-refractivity contribution in [1.29, 1.82) is 0 Å². The highest BCUT2D eigenvalue weighted by Crippen LogP contribution is 2.31. The number of aromatic nitrogens is 1. The highest BCUT2D eigenvalue weighted by atomic mass is 32.1. The second-order valence-electron chi connectivity index (χ2n) is 5.13. The standard InChI is InChI=1S/C19H13NOS/c21-19(13-6-2-1-3-7-13)18-11-10-17(22-18)16-12-14-8-4-5-9-15(14)20-16/h1-12,20H. The van der Waals surface area contributed by atoms with Gasteiger partial charge >= 0.3 is 0 Å².